The smallest absolute Gasteiger partial charge is 0.180 e. The zero-order valence-electron chi connectivity index (χ0n) is 21.2. The van der Waals surface area contributed by atoms with Crippen molar-refractivity contribution in [1.29, 1.82) is 0 Å². The molecule has 6 nitrogen and oxygen atoms in total. The fourth-order valence-corrected chi connectivity index (χ4v) is 5.19. The minimum atomic E-state index is -1.06. The molecule has 0 aliphatic heterocycles. The van der Waals surface area contributed by atoms with Crippen LogP contribution in [0.25, 0.3) is 10.9 Å². The van der Waals surface area contributed by atoms with E-state index in [0.29, 0.717) is 16.8 Å². The van der Waals surface area contributed by atoms with Gasteiger partial charge >= 0.3 is 0 Å². The molecule has 5 aromatic rings. The number of hydrogen-bond acceptors (Lipinski definition) is 5. The van der Waals surface area contributed by atoms with E-state index in [2.05, 4.69) is 15.2 Å². The van der Waals surface area contributed by atoms with Crippen molar-refractivity contribution in [3.63, 3.8) is 0 Å². The van der Waals surface area contributed by atoms with Gasteiger partial charge in [-0.15, -0.1) is 0 Å². The number of aromatic nitrogens is 1. The zero-order chi connectivity index (χ0) is 26.8. The van der Waals surface area contributed by atoms with E-state index in [1.807, 2.05) is 97.1 Å². The SMILES string of the molecule is COc1ccc2[nH]c(/C=N\N=C3/c4ccccc4C(=O)[C@H]3C(=O)C(c3ccccc3)c3ccccc3)cc2c1. The molecule has 1 aromatic heterocycles. The maximum Gasteiger partial charge on any atom is 0.180 e. The molecule has 0 saturated heterocycles. The van der Waals surface area contributed by atoms with Gasteiger partial charge < -0.3 is 9.72 Å². The van der Waals surface area contributed by atoms with E-state index in [9.17, 15) is 9.59 Å². The summed E-state index contributed by atoms with van der Waals surface area (Å²) in [5.41, 5.74) is 4.83. The third-order valence-electron chi connectivity index (χ3n) is 7.05. The van der Waals surface area contributed by atoms with Gasteiger partial charge in [-0.25, -0.2) is 0 Å². The van der Waals surface area contributed by atoms with E-state index in [0.717, 1.165) is 33.5 Å². The fourth-order valence-electron chi connectivity index (χ4n) is 5.19. The molecular formula is C33H25N3O3. The predicted octanol–water partition coefficient (Wildman–Crippen LogP) is 6.21. The number of methoxy groups -OCH3 is 1. The Hall–Kier alpha value is -5.10. The summed E-state index contributed by atoms with van der Waals surface area (Å²) >= 11 is 0. The number of nitrogens with one attached hydrogen (secondary N) is 1. The summed E-state index contributed by atoms with van der Waals surface area (Å²) in [5.74, 6) is -1.39. The number of nitrogens with zero attached hydrogens (tertiary/aromatic N) is 2. The number of hydrogen-bond donors (Lipinski definition) is 1. The molecule has 0 bridgehead atoms. The number of Topliss-reactive ketones (excluding diaryl/α,β-unsaturated/α-hetero) is 2. The van der Waals surface area contributed by atoms with Crippen LogP contribution in [0.4, 0.5) is 0 Å². The Morgan fingerprint density at radius 2 is 1.49 bits per heavy atom. The van der Waals surface area contributed by atoms with Gasteiger partial charge in [0.1, 0.15) is 11.7 Å². The van der Waals surface area contributed by atoms with Gasteiger partial charge in [-0.2, -0.15) is 10.2 Å². The Morgan fingerprint density at radius 3 is 2.15 bits per heavy atom. The minimum absolute atomic E-state index is 0.222. The molecule has 4 aromatic carbocycles. The van der Waals surface area contributed by atoms with Gasteiger partial charge in [0.15, 0.2) is 11.6 Å². The van der Waals surface area contributed by atoms with Gasteiger partial charge in [0.25, 0.3) is 0 Å². The maximum atomic E-state index is 14.3. The summed E-state index contributed by atoms with van der Waals surface area (Å²) < 4.78 is 5.31. The largest absolute Gasteiger partial charge is 0.497 e. The molecule has 0 spiro atoms. The predicted molar refractivity (Wildman–Crippen MR) is 153 cm³/mol. The third-order valence-corrected chi connectivity index (χ3v) is 7.05. The van der Waals surface area contributed by atoms with Crippen molar-refractivity contribution >= 4 is 34.4 Å². The zero-order valence-corrected chi connectivity index (χ0v) is 21.2. The summed E-state index contributed by atoms with van der Waals surface area (Å²) in [7, 11) is 1.63. The second-order valence-electron chi connectivity index (χ2n) is 9.41. The lowest BCUT2D eigenvalue weighted by molar-refractivity contribution is -0.120. The monoisotopic (exact) mass is 511 g/mol. The highest BCUT2D eigenvalue weighted by atomic mass is 16.5. The Kier molecular flexibility index (Phi) is 6.43. The molecule has 1 N–H and O–H groups in total. The third kappa shape index (κ3) is 4.57. The van der Waals surface area contributed by atoms with Crippen LogP contribution in [0, 0.1) is 5.92 Å². The minimum Gasteiger partial charge on any atom is -0.497 e. The lowest BCUT2D eigenvalue weighted by atomic mass is 9.80. The van der Waals surface area contributed by atoms with Crippen molar-refractivity contribution in [2.24, 2.45) is 16.1 Å². The molecule has 1 aliphatic carbocycles. The first-order chi connectivity index (χ1) is 19.1. The van der Waals surface area contributed by atoms with Crippen LogP contribution in [-0.4, -0.2) is 35.6 Å². The van der Waals surface area contributed by atoms with E-state index in [-0.39, 0.29) is 11.6 Å². The quantitative estimate of drug-likeness (QED) is 0.160. The molecule has 0 saturated carbocycles. The summed E-state index contributed by atoms with van der Waals surface area (Å²) in [5, 5.41) is 9.79. The molecule has 0 fully saturated rings. The summed E-state index contributed by atoms with van der Waals surface area (Å²) in [6.07, 6.45) is 1.60. The highest BCUT2D eigenvalue weighted by molar-refractivity contribution is 6.38. The van der Waals surface area contributed by atoms with Crippen LogP contribution in [0.1, 0.15) is 38.7 Å². The van der Waals surface area contributed by atoms with Crippen molar-refractivity contribution in [3.8, 4) is 5.75 Å². The first kappa shape index (κ1) is 24.2. The first-order valence-corrected chi connectivity index (χ1v) is 12.7. The topological polar surface area (TPSA) is 83.9 Å². The second kappa shape index (κ2) is 10.3. The molecule has 39 heavy (non-hydrogen) atoms. The van der Waals surface area contributed by atoms with E-state index >= 15 is 0 Å². The average Bonchev–Trinajstić information content (AvgIpc) is 3.52. The van der Waals surface area contributed by atoms with Crippen LogP contribution in [-0.2, 0) is 4.79 Å². The van der Waals surface area contributed by atoms with Crippen LogP contribution in [0.3, 0.4) is 0 Å². The van der Waals surface area contributed by atoms with Crippen LogP contribution in [0.15, 0.2) is 119 Å². The number of rotatable bonds is 7. The number of ketones is 2. The normalized spacial score (nSPS) is 15.9. The molecule has 1 heterocycles. The van der Waals surface area contributed by atoms with Gasteiger partial charge in [0, 0.05) is 22.0 Å². The number of carbonyl (C=O) groups excluding carboxylic acids is 2. The van der Waals surface area contributed by atoms with Crippen LogP contribution < -0.4 is 4.74 Å². The molecule has 1 aliphatic rings. The van der Waals surface area contributed by atoms with Crippen LogP contribution >= 0.6 is 0 Å². The van der Waals surface area contributed by atoms with Crippen LogP contribution in [0.2, 0.25) is 0 Å². The first-order valence-electron chi connectivity index (χ1n) is 12.7. The molecular weight excluding hydrogens is 486 g/mol. The Bertz CT molecular complexity index is 1700. The average molecular weight is 512 g/mol. The summed E-state index contributed by atoms with van der Waals surface area (Å²) in [6.45, 7) is 0. The van der Waals surface area contributed by atoms with Crippen molar-refractivity contribution in [1.82, 2.24) is 4.98 Å². The number of fused-ring (bicyclic) bond motifs is 2. The van der Waals surface area contributed by atoms with Gasteiger partial charge in [0.2, 0.25) is 0 Å². The van der Waals surface area contributed by atoms with Gasteiger partial charge in [0.05, 0.1) is 30.6 Å². The second-order valence-corrected chi connectivity index (χ2v) is 9.41. The molecule has 6 rings (SSSR count). The Morgan fingerprint density at radius 1 is 0.846 bits per heavy atom. The van der Waals surface area contributed by atoms with Gasteiger partial charge in [-0.05, 0) is 35.4 Å². The molecule has 0 radical (unpaired) electrons. The molecule has 6 heteroatoms. The van der Waals surface area contributed by atoms with Crippen LogP contribution in [0.5, 0.6) is 5.75 Å². The van der Waals surface area contributed by atoms with Gasteiger partial charge in [-0.1, -0.05) is 84.9 Å². The standard InChI is InChI=1S/C33H25N3O3/c1-39-25-16-17-28-23(19-25)18-24(35-28)20-34-36-31-26-14-8-9-15-27(26)32(37)30(31)33(38)29(21-10-4-2-5-11-21)22-12-6-3-7-13-22/h2-20,29-30,35H,1H3/b34-20-,36-31+/t30-/m0/s1. The maximum absolute atomic E-state index is 14.3. The van der Waals surface area contributed by atoms with E-state index in [1.54, 1.807) is 25.5 Å². The number of ether oxygens (including phenoxy) is 1. The number of benzene rings is 4. The van der Waals surface area contributed by atoms with Gasteiger partial charge in [-0.3, -0.25) is 9.59 Å². The molecule has 0 amide bonds. The van der Waals surface area contributed by atoms with E-state index in [4.69, 9.17) is 4.74 Å². The highest BCUT2D eigenvalue weighted by Gasteiger charge is 2.44. The van der Waals surface area contributed by atoms with E-state index in [1.165, 1.54) is 0 Å². The Labute approximate surface area is 225 Å². The summed E-state index contributed by atoms with van der Waals surface area (Å²) in [6, 6.07) is 34.0. The number of aromatic amines is 1. The fraction of sp³-hybridized carbons (Fsp3) is 0.0909. The Balaban J connectivity index is 1.40. The van der Waals surface area contributed by atoms with Crippen molar-refractivity contribution in [3.05, 3.63) is 137 Å². The molecule has 190 valence electrons. The van der Waals surface area contributed by atoms with E-state index < -0.39 is 11.8 Å². The van der Waals surface area contributed by atoms with Crippen molar-refractivity contribution < 1.29 is 14.3 Å². The number of carbonyl (C=O) groups is 2. The van der Waals surface area contributed by atoms with Crippen molar-refractivity contribution in [2.45, 2.75) is 5.92 Å². The lowest BCUT2D eigenvalue weighted by Crippen LogP contribution is -2.31. The number of H-pyrrole nitrogens is 1. The summed E-state index contributed by atoms with van der Waals surface area (Å²) in [4.78, 5) is 31.2. The molecule has 1 atom stereocenters. The highest BCUT2D eigenvalue weighted by Crippen LogP contribution is 2.35. The molecule has 0 unspecified atom stereocenters. The lowest BCUT2D eigenvalue weighted by Gasteiger charge is -2.20. The van der Waals surface area contributed by atoms with Crippen molar-refractivity contribution in [2.75, 3.05) is 7.11 Å².